The Morgan fingerprint density at radius 1 is 1.07 bits per heavy atom. The number of aromatic amines is 1. The predicted molar refractivity (Wildman–Crippen MR) is 117 cm³/mol. The molecule has 1 heterocycles. The lowest BCUT2D eigenvalue weighted by atomic mass is 9.87. The zero-order valence-corrected chi connectivity index (χ0v) is 17.5. The third-order valence-corrected chi connectivity index (χ3v) is 5.30. The zero-order chi connectivity index (χ0) is 20.6. The van der Waals surface area contributed by atoms with Gasteiger partial charge in [0.05, 0.1) is 14.2 Å². The van der Waals surface area contributed by atoms with Crippen molar-refractivity contribution in [3.8, 4) is 11.5 Å². The number of para-hydroxylation sites is 1. The van der Waals surface area contributed by atoms with E-state index in [2.05, 4.69) is 29.4 Å². The lowest BCUT2D eigenvalue weighted by Gasteiger charge is -2.19. The van der Waals surface area contributed by atoms with Gasteiger partial charge in [-0.25, -0.2) is 0 Å². The van der Waals surface area contributed by atoms with Crippen LogP contribution in [0.4, 0.5) is 0 Å². The molecule has 0 saturated heterocycles. The Labute approximate surface area is 172 Å². The maximum absolute atomic E-state index is 12.7. The molecule has 5 heteroatoms. The second-order valence-corrected chi connectivity index (χ2v) is 7.22. The summed E-state index contributed by atoms with van der Waals surface area (Å²) >= 11 is 0. The van der Waals surface area contributed by atoms with Crippen molar-refractivity contribution < 1.29 is 14.3 Å². The SMILES string of the molecule is CCCCCNC(=O)C[C@@H](c1ccc(OC)c(OC)c1)c1c[nH]c2ccccc12. The minimum Gasteiger partial charge on any atom is -0.493 e. The van der Waals surface area contributed by atoms with E-state index in [0.29, 0.717) is 17.9 Å². The van der Waals surface area contributed by atoms with Crippen molar-refractivity contribution in [1.29, 1.82) is 0 Å². The molecule has 0 bridgehead atoms. The number of ether oxygens (including phenoxy) is 2. The summed E-state index contributed by atoms with van der Waals surface area (Å²) in [4.78, 5) is 16.1. The van der Waals surface area contributed by atoms with Crippen molar-refractivity contribution >= 4 is 16.8 Å². The lowest BCUT2D eigenvalue weighted by molar-refractivity contribution is -0.121. The van der Waals surface area contributed by atoms with Crippen LogP contribution in [0.2, 0.25) is 0 Å². The van der Waals surface area contributed by atoms with Gasteiger partial charge in [-0.3, -0.25) is 4.79 Å². The van der Waals surface area contributed by atoms with Crippen molar-refractivity contribution in [2.75, 3.05) is 20.8 Å². The van der Waals surface area contributed by atoms with Gasteiger partial charge in [0.2, 0.25) is 5.91 Å². The van der Waals surface area contributed by atoms with Crippen LogP contribution in [-0.2, 0) is 4.79 Å². The summed E-state index contributed by atoms with van der Waals surface area (Å²) < 4.78 is 10.9. The first-order chi connectivity index (χ1) is 14.2. The Balaban J connectivity index is 1.93. The summed E-state index contributed by atoms with van der Waals surface area (Å²) in [6.07, 6.45) is 5.66. The van der Waals surface area contributed by atoms with E-state index in [-0.39, 0.29) is 11.8 Å². The molecule has 0 aliphatic heterocycles. The van der Waals surface area contributed by atoms with Gasteiger partial charge in [0.25, 0.3) is 0 Å². The average molecular weight is 395 g/mol. The number of fused-ring (bicyclic) bond motifs is 1. The molecule has 1 atom stereocenters. The third-order valence-electron chi connectivity index (χ3n) is 5.30. The van der Waals surface area contributed by atoms with Crippen LogP contribution in [0.5, 0.6) is 11.5 Å². The predicted octanol–water partition coefficient (Wildman–Crippen LogP) is 5.01. The van der Waals surface area contributed by atoms with E-state index >= 15 is 0 Å². The van der Waals surface area contributed by atoms with Gasteiger partial charge in [0, 0.05) is 36.0 Å². The molecular formula is C24H30N2O3. The first-order valence-electron chi connectivity index (χ1n) is 10.2. The highest BCUT2D eigenvalue weighted by atomic mass is 16.5. The maximum Gasteiger partial charge on any atom is 0.220 e. The first kappa shape index (κ1) is 20.8. The molecule has 0 fully saturated rings. The fourth-order valence-corrected chi connectivity index (χ4v) is 3.72. The van der Waals surface area contributed by atoms with Crippen LogP contribution in [0.15, 0.2) is 48.7 Å². The average Bonchev–Trinajstić information content (AvgIpc) is 3.18. The van der Waals surface area contributed by atoms with Gasteiger partial charge in [-0.1, -0.05) is 44.0 Å². The normalized spacial score (nSPS) is 12.0. The Bertz CT molecular complexity index is 948. The number of benzene rings is 2. The number of H-pyrrole nitrogens is 1. The van der Waals surface area contributed by atoms with Crippen molar-refractivity contribution in [2.45, 2.75) is 38.5 Å². The van der Waals surface area contributed by atoms with Gasteiger partial charge in [-0.15, -0.1) is 0 Å². The summed E-state index contributed by atoms with van der Waals surface area (Å²) in [5.41, 5.74) is 3.20. The van der Waals surface area contributed by atoms with Gasteiger partial charge >= 0.3 is 0 Å². The largest absolute Gasteiger partial charge is 0.493 e. The van der Waals surface area contributed by atoms with E-state index in [9.17, 15) is 4.79 Å². The number of unbranched alkanes of at least 4 members (excludes halogenated alkanes) is 2. The summed E-state index contributed by atoms with van der Waals surface area (Å²) in [7, 11) is 3.25. The second kappa shape index (κ2) is 10.0. The van der Waals surface area contributed by atoms with Gasteiger partial charge in [-0.05, 0) is 35.7 Å². The second-order valence-electron chi connectivity index (χ2n) is 7.22. The molecule has 0 aliphatic carbocycles. The molecule has 154 valence electrons. The van der Waals surface area contributed by atoms with Crippen LogP contribution in [0, 0.1) is 0 Å². The Kier molecular flexibility index (Phi) is 7.17. The number of amides is 1. The Morgan fingerprint density at radius 3 is 2.62 bits per heavy atom. The molecule has 0 unspecified atom stereocenters. The quantitative estimate of drug-likeness (QED) is 0.475. The smallest absolute Gasteiger partial charge is 0.220 e. The first-order valence-corrected chi connectivity index (χ1v) is 10.2. The topological polar surface area (TPSA) is 63.4 Å². The molecule has 5 nitrogen and oxygen atoms in total. The van der Waals surface area contributed by atoms with E-state index in [4.69, 9.17) is 9.47 Å². The fourth-order valence-electron chi connectivity index (χ4n) is 3.72. The standard InChI is InChI=1S/C24H30N2O3/c1-4-5-8-13-25-24(27)15-19(17-11-12-22(28-2)23(14-17)29-3)20-16-26-21-10-7-6-9-18(20)21/h6-7,9-12,14,16,19,26H,4-5,8,13,15H2,1-3H3,(H,25,27)/t19-/m0/s1. The number of aromatic nitrogens is 1. The Hall–Kier alpha value is -2.95. The molecule has 2 aromatic carbocycles. The summed E-state index contributed by atoms with van der Waals surface area (Å²) in [6, 6.07) is 14.1. The monoisotopic (exact) mass is 394 g/mol. The van der Waals surface area contributed by atoms with E-state index in [1.807, 2.05) is 36.5 Å². The van der Waals surface area contributed by atoms with E-state index < -0.39 is 0 Å². The Morgan fingerprint density at radius 2 is 1.86 bits per heavy atom. The minimum absolute atomic E-state index is 0.0613. The van der Waals surface area contributed by atoms with Crippen LogP contribution >= 0.6 is 0 Å². The third kappa shape index (κ3) is 4.91. The molecule has 29 heavy (non-hydrogen) atoms. The van der Waals surface area contributed by atoms with Crippen LogP contribution in [-0.4, -0.2) is 31.7 Å². The number of rotatable bonds is 10. The lowest BCUT2D eigenvalue weighted by Crippen LogP contribution is -2.26. The fraction of sp³-hybridized carbons (Fsp3) is 0.375. The summed E-state index contributed by atoms with van der Waals surface area (Å²) in [5.74, 6) is 1.32. The van der Waals surface area contributed by atoms with Gasteiger partial charge in [0.15, 0.2) is 11.5 Å². The van der Waals surface area contributed by atoms with E-state index in [1.54, 1.807) is 14.2 Å². The van der Waals surface area contributed by atoms with E-state index in [1.165, 1.54) is 0 Å². The van der Waals surface area contributed by atoms with Crippen LogP contribution in [0.1, 0.15) is 49.7 Å². The van der Waals surface area contributed by atoms with Gasteiger partial charge in [0.1, 0.15) is 0 Å². The molecule has 0 radical (unpaired) electrons. The maximum atomic E-state index is 12.7. The molecule has 2 N–H and O–H groups in total. The molecule has 3 aromatic rings. The molecule has 0 spiro atoms. The molecular weight excluding hydrogens is 364 g/mol. The number of carbonyl (C=O) groups is 1. The number of hydrogen-bond donors (Lipinski definition) is 2. The number of hydrogen-bond acceptors (Lipinski definition) is 3. The highest BCUT2D eigenvalue weighted by Gasteiger charge is 2.22. The van der Waals surface area contributed by atoms with Crippen LogP contribution in [0.3, 0.4) is 0 Å². The van der Waals surface area contributed by atoms with Crippen molar-refractivity contribution in [1.82, 2.24) is 10.3 Å². The van der Waals surface area contributed by atoms with Gasteiger partial charge in [-0.2, -0.15) is 0 Å². The van der Waals surface area contributed by atoms with Crippen molar-refractivity contribution in [2.24, 2.45) is 0 Å². The minimum atomic E-state index is -0.0860. The molecule has 1 amide bonds. The van der Waals surface area contributed by atoms with Crippen molar-refractivity contribution in [3.05, 3.63) is 59.8 Å². The van der Waals surface area contributed by atoms with Crippen LogP contribution in [0.25, 0.3) is 10.9 Å². The van der Waals surface area contributed by atoms with E-state index in [0.717, 1.165) is 47.8 Å². The number of nitrogens with one attached hydrogen (secondary N) is 2. The molecule has 0 saturated carbocycles. The summed E-state index contributed by atoms with van der Waals surface area (Å²) in [5, 5.41) is 4.20. The summed E-state index contributed by atoms with van der Waals surface area (Å²) in [6.45, 7) is 2.88. The highest BCUT2D eigenvalue weighted by Crippen LogP contribution is 2.37. The zero-order valence-electron chi connectivity index (χ0n) is 17.5. The molecule has 3 rings (SSSR count). The molecule has 0 aliphatic rings. The van der Waals surface area contributed by atoms with Gasteiger partial charge < -0.3 is 19.8 Å². The number of carbonyl (C=O) groups excluding carboxylic acids is 1. The van der Waals surface area contributed by atoms with Crippen molar-refractivity contribution in [3.63, 3.8) is 0 Å². The van der Waals surface area contributed by atoms with Crippen LogP contribution < -0.4 is 14.8 Å². The number of methoxy groups -OCH3 is 2. The highest BCUT2D eigenvalue weighted by molar-refractivity contribution is 5.86. The molecule has 1 aromatic heterocycles.